The molecule has 0 bridgehead atoms. The quantitative estimate of drug-likeness (QED) is 0.615. The maximum absolute atomic E-state index is 10.8. The molecule has 5 heteroatoms. The number of ether oxygens (including phenoxy) is 1. The predicted molar refractivity (Wildman–Crippen MR) is 76.3 cm³/mol. The fourth-order valence-electron chi connectivity index (χ4n) is 1.70. The molecule has 0 aliphatic carbocycles. The third kappa shape index (κ3) is 3.32. The summed E-state index contributed by atoms with van der Waals surface area (Å²) in [6.45, 7) is 1.91. The van der Waals surface area contributed by atoms with Crippen LogP contribution < -0.4 is 4.74 Å². The van der Waals surface area contributed by atoms with Gasteiger partial charge in [0.1, 0.15) is 11.9 Å². The number of rotatable bonds is 4. The molecule has 0 N–H and O–H groups in total. The molecule has 0 radical (unpaired) electrons. The van der Waals surface area contributed by atoms with Gasteiger partial charge in [0.25, 0.3) is 5.69 Å². The number of hydrogen-bond acceptors (Lipinski definition) is 3. The van der Waals surface area contributed by atoms with Crippen molar-refractivity contribution < 1.29 is 9.66 Å². The van der Waals surface area contributed by atoms with Gasteiger partial charge in [-0.05, 0) is 40.5 Å². The first kappa shape index (κ1) is 13.5. The zero-order chi connectivity index (χ0) is 13.8. The lowest BCUT2D eigenvalue weighted by Gasteiger charge is -2.15. The van der Waals surface area contributed by atoms with Crippen LogP contribution in [0.1, 0.15) is 18.6 Å². The molecule has 0 aliphatic heterocycles. The van der Waals surface area contributed by atoms with Gasteiger partial charge in [0.05, 0.1) is 15.5 Å². The third-order valence-corrected chi connectivity index (χ3v) is 3.37. The highest BCUT2D eigenvalue weighted by Gasteiger charge is 2.14. The van der Waals surface area contributed by atoms with Gasteiger partial charge in [-0.3, -0.25) is 10.1 Å². The van der Waals surface area contributed by atoms with Crippen molar-refractivity contribution in [1.29, 1.82) is 0 Å². The van der Waals surface area contributed by atoms with Gasteiger partial charge in [0.2, 0.25) is 0 Å². The predicted octanol–water partition coefficient (Wildman–Crippen LogP) is 4.50. The number of nitrogens with zero attached hydrogens (tertiary/aromatic N) is 1. The number of benzene rings is 2. The summed E-state index contributed by atoms with van der Waals surface area (Å²) < 4.78 is 6.16. The molecule has 2 rings (SSSR count). The van der Waals surface area contributed by atoms with Gasteiger partial charge < -0.3 is 4.74 Å². The monoisotopic (exact) mass is 321 g/mol. The standard InChI is InChI=1S/C14H12BrNO3/c1-10(11-5-3-2-4-6-11)19-12-7-8-13(15)14(9-12)16(17)18/h2-10H,1H3. The summed E-state index contributed by atoms with van der Waals surface area (Å²) in [7, 11) is 0. The minimum Gasteiger partial charge on any atom is -0.486 e. The smallest absolute Gasteiger partial charge is 0.287 e. The topological polar surface area (TPSA) is 52.4 Å². The Morgan fingerprint density at radius 2 is 1.89 bits per heavy atom. The van der Waals surface area contributed by atoms with Crippen molar-refractivity contribution in [2.75, 3.05) is 0 Å². The number of halogens is 1. The first-order chi connectivity index (χ1) is 9.08. The van der Waals surface area contributed by atoms with Crippen molar-refractivity contribution in [2.24, 2.45) is 0 Å². The van der Waals surface area contributed by atoms with Crippen LogP contribution in [0.5, 0.6) is 5.75 Å². The highest BCUT2D eigenvalue weighted by molar-refractivity contribution is 9.10. The molecule has 0 amide bonds. The van der Waals surface area contributed by atoms with E-state index in [4.69, 9.17) is 4.74 Å². The minimum atomic E-state index is -0.440. The average Bonchev–Trinajstić information content (AvgIpc) is 2.41. The Balaban J connectivity index is 2.20. The first-order valence-electron chi connectivity index (χ1n) is 5.73. The third-order valence-electron chi connectivity index (χ3n) is 2.70. The maximum Gasteiger partial charge on any atom is 0.287 e. The summed E-state index contributed by atoms with van der Waals surface area (Å²) in [6, 6.07) is 14.4. The second kappa shape index (κ2) is 5.84. The molecule has 2 aromatic rings. The largest absolute Gasteiger partial charge is 0.486 e. The fraction of sp³-hybridized carbons (Fsp3) is 0.143. The zero-order valence-electron chi connectivity index (χ0n) is 10.2. The molecule has 2 aromatic carbocycles. The van der Waals surface area contributed by atoms with Crippen LogP contribution in [0.3, 0.4) is 0 Å². The average molecular weight is 322 g/mol. The molecule has 0 saturated heterocycles. The van der Waals surface area contributed by atoms with Crippen molar-refractivity contribution in [3.8, 4) is 5.75 Å². The first-order valence-corrected chi connectivity index (χ1v) is 6.53. The van der Waals surface area contributed by atoms with Gasteiger partial charge in [0, 0.05) is 0 Å². The van der Waals surface area contributed by atoms with E-state index in [1.165, 1.54) is 6.07 Å². The minimum absolute atomic E-state index is 0.00207. The highest BCUT2D eigenvalue weighted by Crippen LogP contribution is 2.31. The van der Waals surface area contributed by atoms with E-state index in [0.717, 1.165) is 5.56 Å². The van der Waals surface area contributed by atoms with E-state index in [-0.39, 0.29) is 11.8 Å². The molecule has 0 spiro atoms. The highest BCUT2D eigenvalue weighted by atomic mass is 79.9. The summed E-state index contributed by atoms with van der Waals surface area (Å²) in [5, 5.41) is 10.8. The second-order valence-corrected chi connectivity index (χ2v) is 4.90. The molecule has 0 fully saturated rings. The molecule has 0 aromatic heterocycles. The van der Waals surface area contributed by atoms with Crippen LogP contribution in [-0.2, 0) is 0 Å². The normalized spacial score (nSPS) is 11.9. The van der Waals surface area contributed by atoms with E-state index in [2.05, 4.69) is 15.9 Å². The van der Waals surface area contributed by atoms with Crippen LogP contribution in [0.2, 0.25) is 0 Å². The number of nitro groups is 1. The Hall–Kier alpha value is -1.88. The number of hydrogen-bond donors (Lipinski definition) is 0. The number of nitro benzene ring substituents is 1. The molecular weight excluding hydrogens is 310 g/mol. The molecule has 0 heterocycles. The Labute approximate surface area is 119 Å². The summed E-state index contributed by atoms with van der Waals surface area (Å²) in [6.07, 6.45) is -0.165. The van der Waals surface area contributed by atoms with E-state index in [1.807, 2.05) is 37.3 Å². The second-order valence-electron chi connectivity index (χ2n) is 4.04. The van der Waals surface area contributed by atoms with Gasteiger partial charge >= 0.3 is 0 Å². The Kier molecular flexibility index (Phi) is 4.16. The van der Waals surface area contributed by atoms with Crippen molar-refractivity contribution >= 4 is 21.6 Å². The van der Waals surface area contributed by atoms with Crippen LogP contribution in [0.15, 0.2) is 53.0 Å². The maximum atomic E-state index is 10.8. The van der Waals surface area contributed by atoms with E-state index < -0.39 is 4.92 Å². The Morgan fingerprint density at radius 3 is 2.53 bits per heavy atom. The molecule has 98 valence electrons. The van der Waals surface area contributed by atoms with Crippen LogP contribution >= 0.6 is 15.9 Å². The lowest BCUT2D eigenvalue weighted by atomic mass is 10.1. The van der Waals surface area contributed by atoms with Crippen LogP contribution in [0, 0.1) is 10.1 Å². The molecule has 1 atom stereocenters. The van der Waals surface area contributed by atoms with Gasteiger partial charge in [-0.15, -0.1) is 0 Å². The van der Waals surface area contributed by atoms with Crippen molar-refractivity contribution in [1.82, 2.24) is 0 Å². The SMILES string of the molecule is CC(Oc1ccc(Br)c([N+](=O)[O-])c1)c1ccccc1. The van der Waals surface area contributed by atoms with Crippen molar-refractivity contribution in [3.63, 3.8) is 0 Å². The van der Waals surface area contributed by atoms with Crippen LogP contribution in [0.25, 0.3) is 0 Å². The summed E-state index contributed by atoms with van der Waals surface area (Å²) in [4.78, 5) is 10.4. The van der Waals surface area contributed by atoms with Gasteiger partial charge in [-0.1, -0.05) is 30.3 Å². The van der Waals surface area contributed by atoms with Crippen molar-refractivity contribution in [2.45, 2.75) is 13.0 Å². The summed E-state index contributed by atoms with van der Waals surface area (Å²) >= 11 is 3.14. The lowest BCUT2D eigenvalue weighted by Crippen LogP contribution is -2.03. The molecular formula is C14H12BrNO3. The zero-order valence-corrected chi connectivity index (χ0v) is 11.8. The molecule has 1 unspecified atom stereocenters. The van der Waals surface area contributed by atoms with E-state index in [9.17, 15) is 10.1 Å². The van der Waals surface area contributed by atoms with Crippen molar-refractivity contribution in [3.05, 3.63) is 68.7 Å². The fourth-order valence-corrected chi connectivity index (χ4v) is 2.09. The Morgan fingerprint density at radius 1 is 1.21 bits per heavy atom. The van der Waals surface area contributed by atoms with E-state index >= 15 is 0 Å². The summed E-state index contributed by atoms with van der Waals surface area (Å²) in [5.74, 6) is 0.478. The van der Waals surface area contributed by atoms with Crippen LogP contribution in [-0.4, -0.2) is 4.92 Å². The molecule has 4 nitrogen and oxygen atoms in total. The van der Waals surface area contributed by atoms with Gasteiger partial charge in [-0.2, -0.15) is 0 Å². The molecule has 19 heavy (non-hydrogen) atoms. The molecule has 0 saturated carbocycles. The van der Waals surface area contributed by atoms with Gasteiger partial charge in [0.15, 0.2) is 0 Å². The Bertz CT molecular complexity index is 586. The van der Waals surface area contributed by atoms with E-state index in [0.29, 0.717) is 10.2 Å². The lowest BCUT2D eigenvalue weighted by molar-refractivity contribution is -0.385. The van der Waals surface area contributed by atoms with Gasteiger partial charge in [-0.25, -0.2) is 0 Å². The van der Waals surface area contributed by atoms with Crippen LogP contribution in [0.4, 0.5) is 5.69 Å². The van der Waals surface area contributed by atoms with E-state index in [1.54, 1.807) is 12.1 Å². The molecule has 0 aliphatic rings. The summed E-state index contributed by atoms with van der Waals surface area (Å²) in [5.41, 5.74) is 1.02.